The fourth-order valence-corrected chi connectivity index (χ4v) is 1.82. The number of aromatic nitrogens is 1. The van der Waals surface area contributed by atoms with Gasteiger partial charge in [0.15, 0.2) is 0 Å². The summed E-state index contributed by atoms with van der Waals surface area (Å²) in [5.74, 6) is 0. The number of halogens is 3. The molecule has 1 aromatic carbocycles. The number of benzene rings is 1. The van der Waals surface area contributed by atoms with E-state index in [1.165, 1.54) is 6.07 Å². The van der Waals surface area contributed by atoms with Gasteiger partial charge in [-0.2, -0.15) is 13.2 Å². The Morgan fingerprint density at radius 3 is 2.41 bits per heavy atom. The Balaban J connectivity index is 2.55. The van der Waals surface area contributed by atoms with Gasteiger partial charge in [0.05, 0.1) is 5.56 Å². The third kappa shape index (κ3) is 2.20. The summed E-state index contributed by atoms with van der Waals surface area (Å²) in [6.07, 6.45) is -4.31. The van der Waals surface area contributed by atoms with E-state index in [1.807, 2.05) is 13.8 Å². The van der Waals surface area contributed by atoms with E-state index < -0.39 is 11.7 Å². The molecule has 4 heteroatoms. The van der Waals surface area contributed by atoms with Gasteiger partial charge in [-0.05, 0) is 38.1 Å². The van der Waals surface area contributed by atoms with Crippen LogP contribution in [0, 0.1) is 19.9 Å². The number of nitrogens with zero attached hydrogens (tertiary/aromatic N) is 1. The molecule has 0 unspecified atom stereocenters. The number of hydrogen-bond acceptors (Lipinski definition) is 0. The quantitative estimate of drug-likeness (QED) is 0.709. The highest BCUT2D eigenvalue weighted by atomic mass is 19.4. The summed E-state index contributed by atoms with van der Waals surface area (Å²) in [5, 5.41) is 0. The topological polar surface area (TPSA) is 4.93 Å². The van der Waals surface area contributed by atoms with Crippen molar-refractivity contribution in [3.63, 3.8) is 0 Å². The normalized spacial score (nSPS) is 11.8. The van der Waals surface area contributed by atoms with Crippen LogP contribution in [0.4, 0.5) is 13.2 Å². The van der Waals surface area contributed by atoms with Gasteiger partial charge < -0.3 is 4.57 Å². The molecule has 0 saturated heterocycles. The maximum atomic E-state index is 12.6. The van der Waals surface area contributed by atoms with Gasteiger partial charge in [-0.1, -0.05) is 6.07 Å². The van der Waals surface area contributed by atoms with Crippen molar-refractivity contribution in [2.45, 2.75) is 20.0 Å². The van der Waals surface area contributed by atoms with Crippen molar-refractivity contribution in [3.05, 3.63) is 53.3 Å². The van der Waals surface area contributed by atoms with E-state index in [9.17, 15) is 13.2 Å². The zero-order chi connectivity index (χ0) is 12.6. The number of alkyl halides is 3. The molecule has 0 bridgehead atoms. The van der Waals surface area contributed by atoms with Gasteiger partial charge in [0, 0.05) is 23.1 Å². The van der Waals surface area contributed by atoms with E-state index in [0.717, 1.165) is 23.5 Å². The van der Waals surface area contributed by atoms with Gasteiger partial charge in [0.25, 0.3) is 0 Å². The van der Waals surface area contributed by atoms with E-state index in [1.54, 1.807) is 16.7 Å². The second-order valence-corrected chi connectivity index (χ2v) is 3.90. The molecule has 2 aromatic rings. The molecule has 0 N–H and O–H groups in total. The van der Waals surface area contributed by atoms with Gasteiger partial charge in [-0.3, -0.25) is 0 Å². The summed E-state index contributed by atoms with van der Waals surface area (Å²) in [6.45, 7) is 3.65. The van der Waals surface area contributed by atoms with E-state index in [2.05, 4.69) is 6.07 Å². The Morgan fingerprint density at radius 1 is 1.18 bits per heavy atom. The first-order chi connectivity index (χ1) is 7.89. The third-order valence-electron chi connectivity index (χ3n) is 2.61. The summed E-state index contributed by atoms with van der Waals surface area (Å²) in [4.78, 5) is 0. The fourth-order valence-electron chi connectivity index (χ4n) is 1.82. The molecule has 89 valence electrons. The van der Waals surface area contributed by atoms with E-state index in [-0.39, 0.29) is 0 Å². The molecule has 0 saturated carbocycles. The van der Waals surface area contributed by atoms with Crippen LogP contribution in [0.1, 0.15) is 17.0 Å². The standard InChI is InChI=1S/C13H11F3N/c1-9-6-7-10(2)17(9)12-5-3-4-11(8-12)13(14,15)16/h3-6,8H,1-2H3. The minimum atomic E-state index is -4.31. The van der Waals surface area contributed by atoms with E-state index in [4.69, 9.17) is 0 Å². The Kier molecular flexibility index (Phi) is 2.73. The van der Waals surface area contributed by atoms with Crippen molar-refractivity contribution in [1.82, 2.24) is 4.57 Å². The molecule has 0 aliphatic heterocycles. The highest BCUT2D eigenvalue weighted by Crippen LogP contribution is 2.30. The molecule has 1 aromatic heterocycles. The first kappa shape index (κ1) is 11.8. The van der Waals surface area contributed by atoms with Crippen molar-refractivity contribution in [1.29, 1.82) is 0 Å². The predicted octanol–water partition coefficient (Wildman–Crippen LogP) is 3.91. The van der Waals surface area contributed by atoms with E-state index >= 15 is 0 Å². The average molecular weight is 238 g/mol. The van der Waals surface area contributed by atoms with Crippen molar-refractivity contribution in [2.75, 3.05) is 0 Å². The summed E-state index contributed by atoms with van der Waals surface area (Å²) in [6, 6.07) is 10.0. The average Bonchev–Trinajstić information content (AvgIpc) is 2.57. The smallest absolute Gasteiger partial charge is 0.318 e. The summed E-state index contributed by atoms with van der Waals surface area (Å²) in [5.41, 5.74) is 1.53. The Bertz CT molecular complexity index is 518. The van der Waals surface area contributed by atoms with Crippen molar-refractivity contribution in [2.24, 2.45) is 0 Å². The zero-order valence-electron chi connectivity index (χ0n) is 9.47. The lowest BCUT2D eigenvalue weighted by Crippen LogP contribution is -2.07. The molecule has 0 aliphatic rings. The zero-order valence-corrected chi connectivity index (χ0v) is 9.47. The van der Waals surface area contributed by atoms with Crippen molar-refractivity contribution < 1.29 is 13.2 Å². The molecule has 2 rings (SSSR count). The molecule has 0 aliphatic carbocycles. The molecule has 1 heterocycles. The molecule has 0 atom stereocenters. The molecule has 1 radical (unpaired) electrons. The first-order valence-electron chi connectivity index (χ1n) is 5.14. The maximum Gasteiger partial charge on any atom is 0.416 e. The van der Waals surface area contributed by atoms with Crippen molar-refractivity contribution >= 4 is 0 Å². The minimum Gasteiger partial charge on any atom is -0.318 e. The molecule has 0 amide bonds. The van der Waals surface area contributed by atoms with Crippen molar-refractivity contribution in [3.8, 4) is 5.69 Å². The Labute approximate surface area is 97.5 Å². The van der Waals surface area contributed by atoms with Gasteiger partial charge in [0.2, 0.25) is 0 Å². The summed E-state index contributed by atoms with van der Waals surface area (Å²) >= 11 is 0. The number of aryl methyl sites for hydroxylation is 2. The Hall–Kier alpha value is -1.71. The lowest BCUT2D eigenvalue weighted by atomic mass is 10.2. The van der Waals surface area contributed by atoms with Crippen LogP contribution < -0.4 is 0 Å². The molecule has 17 heavy (non-hydrogen) atoms. The van der Waals surface area contributed by atoms with Gasteiger partial charge in [-0.25, -0.2) is 0 Å². The van der Waals surface area contributed by atoms with E-state index in [0.29, 0.717) is 5.69 Å². The van der Waals surface area contributed by atoms with Crippen LogP contribution in [0.2, 0.25) is 0 Å². The fraction of sp³-hybridized carbons (Fsp3) is 0.231. The second-order valence-electron chi connectivity index (χ2n) is 3.90. The lowest BCUT2D eigenvalue weighted by molar-refractivity contribution is -0.137. The lowest BCUT2D eigenvalue weighted by Gasteiger charge is -2.12. The number of hydrogen-bond donors (Lipinski definition) is 0. The number of rotatable bonds is 1. The molecule has 1 nitrogen and oxygen atoms in total. The van der Waals surface area contributed by atoms with Crippen LogP contribution in [0.5, 0.6) is 0 Å². The maximum absolute atomic E-state index is 12.6. The minimum absolute atomic E-state index is 0.510. The summed E-state index contributed by atoms with van der Waals surface area (Å²) in [7, 11) is 0. The van der Waals surface area contributed by atoms with Crippen LogP contribution in [-0.4, -0.2) is 4.57 Å². The Morgan fingerprint density at radius 2 is 1.88 bits per heavy atom. The highest BCUT2D eigenvalue weighted by Gasteiger charge is 2.30. The monoisotopic (exact) mass is 238 g/mol. The first-order valence-corrected chi connectivity index (χ1v) is 5.14. The largest absolute Gasteiger partial charge is 0.416 e. The second kappa shape index (κ2) is 3.95. The van der Waals surface area contributed by atoms with Gasteiger partial charge in [0.1, 0.15) is 0 Å². The molecule has 0 spiro atoms. The predicted molar refractivity (Wildman–Crippen MR) is 59.1 cm³/mol. The highest BCUT2D eigenvalue weighted by molar-refractivity contribution is 5.40. The molecule has 0 fully saturated rings. The molecular formula is C13H11F3N. The third-order valence-corrected chi connectivity index (χ3v) is 2.61. The van der Waals surface area contributed by atoms with Gasteiger partial charge >= 0.3 is 6.18 Å². The van der Waals surface area contributed by atoms with Crippen LogP contribution in [0.25, 0.3) is 5.69 Å². The SMILES string of the molecule is Cc1[c]cc(C)n1-c1cccc(C(F)(F)F)c1. The van der Waals surface area contributed by atoms with Crippen LogP contribution in [0.3, 0.4) is 0 Å². The van der Waals surface area contributed by atoms with Crippen LogP contribution in [0.15, 0.2) is 30.3 Å². The van der Waals surface area contributed by atoms with Crippen LogP contribution in [-0.2, 0) is 6.18 Å². The molecular weight excluding hydrogens is 227 g/mol. The van der Waals surface area contributed by atoms with Gasteiger partial charge in [-0.15, -0.1) is 0 Å². The van der Waals surface area contributed by atoms with Crippen LogP contribution >= 0.6 is 0 Å². The summed E-state index contributed by atoms with van der Waals surface area (Å²) < 4.78 is 39.5.